The van der Waals surface area contributed by atoms with Crippen molar-refractivity contribution in [2.75, 3.05) is 23.9 Å². The van der Waals surface area contributed by atoms with Crippen LogP contribution < -0.4 is 15.0 Å². The number of nitrogens with one attached hydrogen (secondary N) is 1. The molecule has 1 N–H and O–H groups in total. The predicted octanol–water partition coefficient (Wildman–Crippen LogP) is 3.16. The van der Waals surface area contributed by atoms with E-state index >= 15 is 0 Å². The summed E-state index contributed by atoms with van der Waals surface area (Å²) >= 11 is 3.33. The molecule has 1 fully saturated rings. The Morgan fingerprint density at radius 1 is 1.38 bits per heavy atom. The highest BCUT2D eigenvalue weighted by atomic mass is 79.9. The molecule has 2 heterocycles. The molecule has 3 rings (SSSR count). The van der Waals surface area contributed by atoms with Gasteiger partial charge in [-0.05, 0) is 53.4 Å². The predicted molar refractivity (Wildman–Crippen MR) is 96.5 cm³/mol. The molecule has 0 radical (unpaired) electrons. The molecule has 1 atom stereocenters. The molecule has 1 aliphatic rings. The van der Waals surface area contributed by atoms with E-state index in [2.05, 4.69) is 31.2 Å². The Kier molecular flexibility index (Phi) is 4.99. The van der Waals surface area contributed by atoms with Gasteiger partial charge in [-0.3, -0.25) is 4.79 Å². The second-order valence-electron chi connectivity index (χ2n) is 5.75. The van der Waals surface area contributed by atoms with Gasteiger partial charge in [-0.1, -0.05) is 6.07 Å². The summed E-state index contributed by atoms with van der Waals surface area (Å²) < 4.78 is 6.15. The van der Waals surface area contributed by atoms with Gasteiger partial charge in [-0.2, -0.15) is 0 Å². The monoisotopic (exact) mass is 390 g/mol. The Bertz CT molecular complexity index is 736. The molecule has 0 aliphatic carbocycles. The lowest BCUT2D eigenvalue weighted by molar-refractivity contribution is -0.117. The number of carbonyl (C=O) groups is 1. The van der Waals surface area contributed by atoms with Crippen LogP contribution in [0, 0.1) is 6.92 Å². The SMILES string of the molecule is COc1ccc(C)cc1NC(=O)C1CCCN1c1ncc(Br)cn1. The standard InChI is InChI=1S/C17H19BrN4O2/c1-11-5-6-15(24-2)13(8-11)21-16(23)14-4-3-7-22(14)17-19-9-12(18)10-20-17/h5-6,8-10,14H,3-4,7H2,1-2H3,(H,21,23). The van der Waals surface area contributed by atoms with Crippen LogP contribution in [0.25, 0.3) is 0 Å². The fraction of sp³-hybridized carbons (Fsp3) is 0.353. The van der Waals surface area contributed by atoms with Crippen molar-refractivity contribution in [3.05, 3.63) is 40.6 Å². The van der Waals surface area contributed by atoms with Crippen LogP contribution in [0.1, 0.15) is 18.4 Å². The van der Waals surface area contributed by atoms with Gasteiger partial charge in [0.1, 0.15) is 11.8 Å². The molecule has 1 aromatic heterocycles. The molecule has 2 aromatic rings. The number of carbonyl (C=O) groups excluding carboxylic acids is 1. The first kappa shape index (κ1) is 16.7. The molecule has 7 heteroatoms. The quantitative estimate of drug-likeness (QED) is 0.867. The first-order valence-corrected chi connectivity index (χ1v) is 8.57. The van der Waals surface area contributed by atoms with E-state index in [1.807, 2.05) is 30.0 Å². The molecule has 1 aliphatic heterocycles. The van der Waals surface area contributed by atoms with Gasteiger partial charge in [0.2, 0.25) is 11.9 Å². The first-order valence-electron chi connectivity index (χ1n) is 7.78. The number of benzene rings is 1. The van der Waals surface area contributed by atoms with Gasteiger partial charge in [0, 0.05) is 18.9 Å². The lowest BCUT2D eigenvalue weighted by Crippen LogP contribution is -2.40. The highest BCUT2D eigenvalue weighted by Crippen LogP contribution is 2.28. The highest BCUT2D eigenvalue weighted by molar-refractivity contribution is 9.10. The van der Waals surface area contributed by atoms with E-state index in [4.69, 9.17) is 4.74 Å². The summed E-state index contributed by atoms with van der Waals surface area (Å²) in [5.74, 6) is 1.16. The van der Waals surface area contributed by atoms with Gasteiger partial charge >= 0.3 is 0 Å². The second-order valence-corrected chi connectivity index (χ2v) is 6.66. The number of halogens is 1. The molecule has 24 heavy (non-hydrogen) atoms. The van der Waals surface area contributed by atoms with E-state index in [1.54, 1.807) is 19.5 Å². The lowest BCUT2D eigenvalue weighted by Gasteiger charge is -2.24. The summed E-state index contributed by atoms with van der Waals surface area (Å²) in [6.07, 6.45) is 5.10. The van der Waals surface area contributed by atoms with Gasteiger partial charge in [0.25, 0.3) is 0 Å². The molecule has 126 valence electrons. The van der Waals surface area contributed by atoms with Crippen molar-refractivity contribution in [3.63, 3.8) is 0 Å². The van der Waals surface area contributed by atoms with E-state index in [0.29, 0.717) is 17.4 Å². The summed E-state index contributed by atoms with van der Waals surface area (Å²) in [5.41, 5.74) is 1.75. The molecular formula is C17H19BrN4O2. The maximum atomic E-state index is 12.8. The summed E-state index contributed by atoms with van der Waals surface area (Å²) in [6.45, 7) is 2.75. The van der Waals surface area contributed by atoms with Crippen LogP contribution in [-0.4, -0.2) is 35.6 Å². The largest absolute Gasteiger partial charge is 0.495 e. The number of aromatic nitrogens is 2. The number of amides is 1. The zero-order valence-electron chi connectivity index (χ0n) is 13.6. The Morgan fingerprint density at radius 3 is 2.83 bits per heavy atom. The maximum Gasteiger partial charge on any atom is 0.247 e. The number of methoxy groups -OCH3 is 1. The van der Waals surface area contributed by atoms with E-state index in [-0.39, 0.29) is 11.9 Å². The summed E-state index contributed by atoms with van der Waals surface area (Å²) in [4.78, 5) is 23.3. The molecule has 0 spiro atoms. The van der Waals surface area contributed by atoms with Crippen LogP contribution in [0.2, 0.25) is 0 Å². The van der Waals surface area contributed by atoms with E-state index in [9.17, 15) is 4.79 Å². The molecule has 1 aromatic carbocycles. The summed E-state index contributed by atoms with van der Waals surface area (Å²) in [6, 6.07) is 5.43. The maximum absolute atomic E-state index is 12.8. The van der Waals surface area contributed by atoms with Crippen molar-refractivity contribution in [1.29, 1.82) is 0 Å². The van der Waals surface area contributed by atoms with Gasteiger partial charge in [-0.25, -0.2) is 9.97 Å². The number of rotatable bonds is 4. The smallest absolute Gasteiger partial charge is 0.247 e. The third kappa shape index (κ3) is 3.51. The van der Waals surface area contributed by atoms with Crippen molar-refractivity contribution >= 4 is 33.5 Å². The van der Waals surface area contributed by atoms with Crippen LogP contribution in [-0.2, 0) is 4.79 Å². The number of hydrogen-bond donors (Lipinski definition) is 1. The fourth-order valence-electron chi connectivity index (χ4n) is 2.87. The zero-order valence-corrected chi connectivity index (χ0v) is 15.2. The van der Waals surface area contributed by atoms with E-state index < -0.39 is 0 Å². The van der Waals surface area contributed by atoms with Gasteiger partial charge in [0.05, 0.1) is 17.3 Å². The molecule has 6 nitrogen and oxygen atoms in total. The van der Waals surface area contributed by atoms with Gasteiger partial charge in [0.15, 0.2) is 0 Å². The number of hydrogen-bond acceptors (Lipinski definition) is 5. The van der Waals surface area contributed by atoms with Crippen molar-refractivity contribution in [2.45, 2.75) is 25.8 Å². The average molecular weight is 391 g/mol. The number of nitrogens with zero attached hydrogens (tertiary/aromatic N) is 3. The Labute approximate surface area is 149 Å². The fourth-order valence-corrected chi connectivity index (χ4v) is 3.07. The molecule has 0 saturated carbocycles. The minimum atomic E-state index is -0.281. The topological polar surface area (TPSA) is 67.3 Å². The number of ether oxygens (including phenoxy) is 1. The normalized spacial score (nSPS) is 17.0. The second kappa shape index (κ2) is 7.17. The Hall–Kier alpha value is -2.15. The van der Waals surface area contributed by atoms with Crippen LogP contribution in [0.4, 0.5) is 11.6 Å². The van der Waals surface area contributed by atoms with Crippen LogP contribution in [0.15, 0.2) is 35.1 Å². The van der Waals surface area contributed by atoms with Crippen LogP contribution in [0.3, 0.4) is 0 Å². The first-order chi connectivity index (χ1) is 11.6. The number of anilines is 2. The zero-order chi connectivity index (χ0) is 17.1. The number of aryl methyl sites for hydroxylation is 1. The van der Waals surface area contributed by atoms with Crippen LogP contribution >= 0.6 is 15.9 Å². The minimum Gasteiger partial charge on any atom is -0.495 e. The molecule has 1 amide bonds. The van der Waals surface area contributed by atoms with Crippen LogP contribution in [0.5, 0.6) is 5.75 Å². The average Bonchev–Trinajstić information content (AvgIpc) is 3.05. The van der Waals surface area contributed by atoms with Crippen molar-refractivity contribution in [3.8, 4) is 5.75 Å². The summed E-state index contributed by atoms with van der Waals surface area (Å²) in [5, 5.41) is 2.98. The molecule has 1 saturated heterocycles. The molecule has 0 bridgehead atoms. The molecule has 1 unspecified atom stereocenters. The minimum absolute atomic E-state index is 0.0667. The van der Waals surface area contributed by atoms with E-state index in [1.165, 1.54) is 0 Å². The van der Waals surface area contributed by atoms with Gasteiger partial charge in [-0.15, -0.1) is 0 Å². The lowest BCUT2D eigenvalue weighted by atomic mass is 10.1. The van der Waals surface area contributed by atoms with Gasteiger partial charge < -0.3 is 15.0 Å². The Balaban J connectivity index is 1.79. The van der Waals surface area contributed by atoms with E-state index in [0.717, 1.165) is 29.4 Å². The third-order valence-electron chi connectivity index (χ3n) is 4.03. The highest BCUT2D eigenvalue weighted by Gasteiger charge is 2.32. The van der Waals surface area contributed by atoms with Crippen molar-refractivity contribution in [2.24, 2.45) is 0 Å². The van der Waals surface area contributed by atoms with Crippen molar-refractivity contribution < 1.29 is 9.53 Å². The summed E-state index contributed by atoms with van der Waals surface area (Å²) in [7, 11) is 1.60. The Morgan fingerprint density at radius 2 is 2.12 bits per heavy atom. The molecular weight excluding hydrogens is 372 g/mol. The third-order valence-corrected chi connectivity index (χ3v) is 4.44. The van der Waals surface area contributed by atoms with Crippen molar-refractivity contribution in [1.82, 2.24) is 9.97 Å².